The summed E-state index contributed by atoms with van der Waals surface area (Å²) in [7, 11) is 0. The van der Waals surface area contributed by atoms with Crippen LogP contribution in [0.15, 0.2) is 0 Å². The van der Waals surface area contributed by atoms with Gasteiger partial charge in [0.25, 0.3) is 9.92 Å². The number of Topliss-reactive ketones (excluding diaryl/α,β-unsaturated/α-hetero) is 1. The van der Waals surface area contributed by atoms with Crippen LogP contribution < -0.4 is 0 Å². The Morgan fingerprint density at radius 1 is 1.15 bits per heavy atom. The van der Waals surface area contributed by atoms with Crippen molar-refractivity contribution in [1.29, 1.82) is 0 Å². The van der Waals surface area contributed by atoms with E-state index in [1.807, 2.05) is 0 Å². The molecule has 0 fully saturated rings. The Labute approximate surface area is 96.8 Å². The molecule has 0 aromatic rings. The van der Waals surface area contributed by atoms with Crippen molar-refractivity contribution in [2.75, 3.05) is 0 Å². The minimum Gasteiger partial charge on any atom is -0.295 e. The van der Waals surface area contributed by atoms with Gasteiger partial charge in [0.15, 0.2) is 5.78 Å². The number of carbonyl (C=O) groups excluding carboxylic acids is 1. The van der Waals surface area contributed by atoms with Crippen LogP contribution in [0.2, 0.25) is 0 Å². The molecule has 0 bridgehead atoms. The van der Waals surface area contributed by atoms with Crippen LogP contribution in [0.5, 0.6) is 0 Å². The first-order valence-corrected chi connectivity index (χ1v) is 7.60. The van der Waals surface area contributed by atoms with E-state index in [0.717, 1.165) is 0 Å². The molecule has 2 nitrogen and oxygen atoms in total. The van der Waals surface area contributed by atoms with Gasteiger partial charge in [0.1, 0.15) is 0 Å². The van der Waals surface area contributed by atoms with E-state index in [9.17, 15) is 9.36 Å². The van der Waals surface area contributed by atoms with Crippen LogP contribution in [0.1, 0.15) is 20.8 Å². The van der Waals surface area contributed by atoms with E-state index < -0.39 is 21.1 Å². The molecule has 0 amide bonds. The van der Waals surface area contributed by atoms with Crippen LogP contribution >= 0.6 is 51.5 Å². The normalized spacial score (nSPS) is 14.4. The highest BCUT2D eigenvalue weighted by atomic mass is 35.9. The Hall–Kier alpha value is 1.06. The average molecular weight is 286 g/mol. The van der Waals surface area contributed by atoms with Crippen molar-refractivity contribution in [3.05, 3.63) is 0 Å². The fourth-order valence-electron chi connectivity index (χ4n) is 0.569. The van der Waals surface area contributed by atoms with Gasteiger partial charge in [-0.15, -0.1) is 0 Å². The molecule has 0 rings (SSSR count). The molecule has 0 heterocycles. The van der Waals surface area contributed by atoms with Gasteiger partial charge in [-0.2, -0.15) is 0 Å². The minimum atomic E-state index is -3.90. The number of ketones is 1. The quantitative estimate of drug-likeness (QED) is 0.556. The largest absolute Gasteiger partial charge is 0.295 e. The molecule has 78 valence electrons. The van der Waals surface area contributed by atoms with Crippen LogP contribution in [0, 0.1) is 5.41 Å². The Balaban J connectivity index is 5.10. The van der Waals surface area contributed by atoms with Crippen molar-refractivity contribution in [3.8, 4) is 0 Å². The van der Waals surface area contributed by atoms with Crippen LogP contribution in [0.25, 0.3) is 0 Å². The summed E-state index contributed by atoms with van der Waals surface area (Å²) in [5.41, 5.74) is -0.844. The maximum Gasteiger partial charge on any atom is 0.295 e. The molecular formula is C6H9Cl4O2P. The van der Waals surface area contributed by atoms with Gasteiger partial charge in [0.2, 0.25) is 0 Å². The topological polar surface area (TPSA) is 34.1 Å². The highest BCUT2D eigenvalue weighted by molar-refractivity contribution is 8.11. The maximum absolute atomic E-state index is 11.5. The zero-order valence-corrected chi connectivity index (χ0v) is 11.2. The summed E-state index contributed by atoms with van der Waals surface area (Å²) in [5, 5.41) is 0. The molecule has 0 N–H and O–H groups in total. The van der Waals surface area contributed by atoms with Gasteiger partial charge in [-0.05, 0) is 22.5 Å². The second-order valence-electron chi connectivity index (χ2n) is 3.58. The highest BCUT2D eigenvalue weighted by Crippen LogP contribution is 2.72. The van der Waals surface area contributed by atoms with Crippen molar-refractivity contribution < 1.29 is 9.36 Å². The summed E-state index contributed by atoms with van der Waals surface area (Å²) in [4.78, 5) is 11.5. The van der Waals surface area contributed by atoms with E-state index in [4.69, 9.17) is 45.7 Å². The van der Waals surface area contributed by atoms with Crippen LogP contribution in [0.3, 0.4) is 0 Å². The van der Waals surface area contributed by atoms with Crippen molar-refractivity contribution >= 4 is 57.3 Å². The first-order chi connectivity index (χ1) is 5.40. The summed E-state index contributed by atoms with van der Waals surface area (Å²) in [6.07, 6.45) is 0. The lowest BCUT2D eigenvalue weighted by molar-refractivity contribution is -0.125. The van der Waals surface area contributed by atoms with Gasteiger partial charge < -0.3 is 0 Å². The fraction of sp³-hybridized carbons (Fsp3) is 0.833. The molecule has 13 heavy (non-hydrogen) atoms. The van der Waals surface area contributed by atoms with E-state index in [1.54, 1.807) is 20.8 Å². The molecule has 7 heteroatoms. The lowest BCUT2D eigenvalue weighted by atomic mass is 9.92. The van der Waals surface area contributed by atoms with Crippen molar-refractivity contribution in [2.45, 2.75) is 24.8 Å². The third-order valence-corrected chi connectivity index (χ3v) is 6.47. The van der Waals surface area contributed by atoms with Crippen LogP contribution in [-0.4, -0.2) is 9.86 Å². The fourth-order valence-corrected chi connectivity index (χ4v) is 2.17. The number of hydrogen-bond acceptors (Lipinski definition) is 2. The smallest absolute Gasteiger partial charge is 0.295 e. The molecule has 0 spiro atoms. The molecule has 0 aromatic carbocycles. The number of alkyl halides is 2. The minimum absolute atomic E-state index is 0.656. The van der Waals surface area contributed by atoms with E-state index in [0.29, 0.717) is 0 Å². The molecule has 0 aliphatic carbocycles. The second kappa shape index (κ2) is 3.90. The van der Waals surface area contributed by atoms with E-state index >= 15 is 0 Å². The Morgan fingerprint density at radius 2 is 1.46 bits per heavy atom. The lowest BCUT2D eigenvalue weighted by Crippen LogP contribution is -2.34. The summed E-state index contributed by atoms with van der Waals surface area (Å²) in [5.74, 6) is -4.55. The molecule has 0 saturated heterocycles. The Bertz CT molecular complexity index is 262. The van der Waals surface area contributed by atoms with Crippen molar-refractivity contribution in [1.82, 2.24) is 0 Å². The highest BCUT2D eigenvalue weighted by Gasteiger charge is 2.53. The molecule has 0 unspecified atom stereocenters. The second-order valence-corrected chi connectivity index (χ2v) is 10.4. The van der Waals surface area contributed by atoms with Gasteiger partial charge in [-0.25, -0.2) is 0 Å². The Kier molecular flexibility index (Phi) is 4.22. The lowest BCUT2D eigenvalue weighted by Gasteiger charge is -2.26. The van der Waals surface area contributed by atoms with E-state index in [-0.39, 0.29) is 0 Å². The molecule has 0 aliphatic heterocycles. The van der Waals surface area contributed by atoms with Crippen molar-refractivity contribution in [2.24, 2.45) is 5.41 Å². The summed E-state index contributed by atoms with van der Waals surface area (Å²) in [6.45, 7) is 4.74. The number of halogens is 4. The molecule has 0 aromatic heterocycles. The number of carbonyl (C=O) groups is 1. The first kappa shape index (κ1) is 14.1. The number of rotatable bonds is 2. The van der Waals surface area contributed by atoms with Crippen molar-refractivity contribution in [3.63, 3.8) is 0 Å². The van der Waals surface area contributed by atoms with Crippen LogP contribution in [-0.2, 0) is 9.36 Å². The zero-order valence-electron chi connectivity index (χ0n) is 7.28. The van der Waals surface area contributed by atoms with Gasteiger partial charge in [-0.3, -0.25) is 9.36 Å². The zero-order chi connectivity index (χ0) is 11.1. The number of hydrogen-bond donors (Lipinski definition) is 0. The summed E-state index contributed by atoms with van der Waals surface area (Å²) < 4.78 is 8.94. The predicted molar refractivity (Wildman–Crippen MR) is 58.2 cm³/mol. The molecule has 0 saturated carbocycles. The van der Waals surface area contributed by atoms with Crippen LogP contribution in [0.4, 0.5) is 0 Å². The predicted octanol–water partition coefficient (Wildman–Crippen LogP) is 4.40. The SMILES string of the molecule is CC(C)(C)C(=O)C(Cl)(Cl)P(=O)(Cl)Cl. The van der Waals surface area contributed by atoms with E-state index in [1.165, 1.54) is 0 Å². The Morgan fingerprint density at radius 3 is 1.54 bits per heavy atom. The summed E-state index contributed by atoms with van der Waals surface area (Å²) >= 11 is 21.6. The summed E-state index contributed by atoms with van der Waals surface area (Å²) in [6, 6.07) is 0. The maximum atomic E-state index is 11.5. The van der Waals surface area contributed by atoms with Gasteiger partial charge in [0, 0.05) is 5.41 Å². The average Bonchev–Trinajstić information content (AvgIpc) is 1.81. The third-order valence-electron chi connectivity index (χ3n) is 1.28. The van der Waals surface area contributed by atoms with Gasteiger partial charge >= 0.3 is 0 Å². The molecule has 0 aliphatic rings. The monoisotopic (exact) mass is 284 g/mol. The standard InChI is InChI=1S/C6H9Cl4O2P/c1-5(2,3)4(11)6(7,8)13(9,10)12/h1-3H3. The molecule has 0 atom stereocenters. The van der Waals surface area contributed by atoms with Gasteiger partial charge in [-0.1, -0.05) is 44.0 Å². The van der Waals surface area contributed by atoms with E-state index in [2.05, 4.69) is 0 Å². The molecule has 0 radical (unpaired) electrons. The van der Waals surface area contributed by atoms with Gasteiger partial charge in [0.05, 0.1) is 0 Å². The first-order valence-electron chi connectivity index (χ1n) is 3.33. The third kappa shape index (κ3) is 3.28. The molecular weight excluding hydrogens is 277 g/mol.